The van der Waals surface area contributed by atoms with Crippen LogP contribution >= 0.6 is 0 Å². The summed E-state index contributed by atoms with van der Waals surface area (Å²) in [5.41, 5.74) is 8.46. The molecule has 3 aromatic rings. The van der Waals surface area contributed by atoms with Crippen molar-refractivity contribution in [2.75, 3.05) is 5.73 Å². The van der Waals surface area contributed by atoms with E-state index in [0.29, 0.717) is 11.3 Å². The van der Waals surface area contributed by atoms with Gasteiger partial charge in [0.15, 0.2) is 17.0 Å². The van der Waals surface area contributed by atoms with Crippen molar-refractivity contribution >= 4 is 17.0 Å². The van der Waals surface area contributed by atoms with Crippen molar-refractivity contribution in [2.45, 2.75) is 13.5 Å². The maximum absolute atomic E-state index is 5.80. The molecule has 0 saturated heterocycles. The number of imidazole rings is 1. The Bertz CT molecular complexity index is 687. The van der Waals surface area contributed by atoms with Crippen LogP contribution in [-0.4, -0.2) is 19.5 Å². The van der Waals surface area contributed by atoms with Crippen molar-refractivity contribution in [2.24, 2.45) is 0 Å². The minimum absolute atomic E-state index is 0.426. The van der Waals surface area contributed by atoms with Crippen LogP contribution < -0.4 is 5.73 Å². The minimum atomic E-state index is 0.426. The van der Waals surface area contributed by atoms with Crippen molar-refractivity contribution in [1.82, 2.24) is 19.5 Å². The summed E-state index contributed by atoms with van der Waals surface area (Å²) in [4.78, 5) is 12.6. The summed E-state index contributed by atoms with van der Waals surface area (Å²) in [6, 6.07) is 10.2. The largest absolute Gasteiger partial charge is 0.382 e. The standard InChI is InChI=1S/C13H13N5/c1-9-17-11-12(14)15-8-16-13(11)18(9)7-10-5-3-2-4-6-10/h2-6,8H,7H2,1H3,(H2,14,15,16). The lowest BCUT2D eigenvalue weighted by molar-refractivity contribution is 0.777. The van der Waals surface area contributed by atoms with Crippen LogP contribution in [0.2, 0.25) is 0 Å². The van der Waals surface area contributed by atoms with Gasteiger partial charge in [0.05, 0.1) is 6.54 Å². The number of nitrogens with zero attached hydrogens (tertiary/aromatic N) is 4. The monoisotopic (exact) mass is 239 g/mol. The van der Waals surface area contributed by atoms with Gasteiger partial charge in [-0.15, -0.1) is 0 Å². The van der Waals surface area contributed by atoms with E-state index in [0.717, 1.165) is 18.0 Å². The van der Waals surface area contributed by atoms with Gasteiger partial charge in [-0.3, -0.25) is 0 Å². The van der Waals surface area contributed by atoms with E-state index in [1.54, 1.807) is 0 Å². The molecule has 2 heterocycles. The molecule has 0 aliphatic carbocycles. The zero-order chi connectivity index (χ0) is 12.5. The number of hydrogen-bond acceptors (Lipinski definition) is 4. The summed E-state index contributed by atoms with van der Waals surface area (Å²) < 4.78 is 2.04. The third-order valence-corrected chi connectivity index (χ3v) is 2.93. The Morgan fingerprint density at radius 2 is 1.94 bits per heavy atom. The number of fused-ring (bicyclic) bond motifs is 1. The highest BCUT2D eigenvalue weighted by Gasteiger charge is 2.11. The molecule has 0 radical (unpaired) electrons. The van der Waals surface area contributed by atoms with Crippen LogP contribution in [0.5, 0.6) is 0 Å². The molecular formula is C13H13N5. The highest BCUT2D eigenvalue weighted by Crippen LogP contribution is 2.18. The average Bonchev–Trinajstić information content (AvgIpc) is 2.70. The molecule has 0 amide bonds. The van der Waals surface area contributed by atoms with Gasteiger partial charge in [-0.1, -0.05) is 30.3 Å². The molecule has 0 aliphatic rings. The molecule has 5 heteroatoms. The predicted octanol–water partition coefficient (Wildman–Crippen LogP) is 1.77. The summed E-state index contributed by atoms with van der Waals surface area (Å²) in [6.07, 6.45) is 1.47. The van der Waals surface area contributed by atoms with Crippen LogP contribution in [-0.2, 0) is 6.54 Å². The van der Waals surface area contributed by atoms with Crippen LogP contribution in [0.1, 0.15) is 11.4 Å². The van der Waals surface area contributed by atoms with E-state index in [9.17, 15) is 0 Å². The Morgan fingerprint density at radius 3 is 2.72 bits per heavy atom. The summed E-state index contributed by atoms with van der Waals surface area (Å²) >= 11 is 0. The van der Waals surface area contributed by atoms with E-state index >= 15 is 0 Å². The van der Waals surface area contributed by atoms with Gasteiger partial charge in [0.2, 0.25) is 0 Å². The van der Waals surface area contributed by atoms with Gasteiger partial charge in [0.25, 0.3) is 0 Å². The second-order valence-electron chi connectivity index (χ2n) is 4.16. The molecule has 5 nitrogen and oxygen atoms in total. The molecule has 0 unspecified atom stereocenters. The molecule has 0 saturated carbocycles. The molecule has 0 spiro atoms. The van der Waals surface area contributed by atoms with Gasteiger partial charge in [0.1, 0.15) is 12.2 Å². The van der Waals surface area contributed by atoms with Gasteiger partial charge in [0, 0.05) is 0 Å². The Labute approximate surface area is 104 Å². The fraction of sp³-hybridized carbons (Fsp3) is 0.154. The first-order chi connectivity index (χ1) is 8.75. The highest BCUT2D eigenvalue weighted by molar-refractivity contribution is 5.81. The van der Waals surface area contributed by atoms with Crippen LogP contribution in [0.15, 0.2) is 36.7 Å². The fourth-order valence-corrected chi connectivity index (χ4v) is 2.02. The fourth-order valence-electron chi connectivity index (χ4n) is 2.02. The second-order valence-corrected chi connectivity index (χ2v) is 4.16. The molecule has 0 fully saturated rings. The van der Waals surface area contributed by atoms with Crippen molar-refractivity contribution in [3.05, 3.63) is 48.0 Å². The minimum Gasteiger partial charge on any atom is -0.382 e. The van der Waals surface area contributed by atoms with Crippen LogP contribution in [0.25, 0.3) is 11.2 Å². The van der Waals surface area contributed by atoms with Crippen LogP contribution in [0.4, 0.5) is 5.82 Å². The first kappa shape index (κ1) is 10.7. The average molecular weight is 239 g/mol. The zero-order valence-corrected chi connectivity index (χ0v) is 10.0. The van der Waals surface area contributed by atoms with Crippen molar-refractivity contribution < 1.29 is 0 Å². The van der Waals surface area contributed by atoms with E-state index < -0.39 is 0 Å². The number of nitrogen functional groups attached to an aromatic ring is 1. The maximum atomic E-state index is 5.80. The van der Waals surface area contributed by atoms with Crippen LogP contribution in [0, 0.1) is 6.92 Å². The second kappa shape index (κ2) is 4.10. The topological polar surface area (TPSA) is 69.6 Å². The lowest BCUT2D eigenvalue weighted by atomic mass is 10.2. The van der Waals surface area contributed by atoms with Crippen molar-refractivity contribution in [3.63, 3.8) is 0 Å². The van der Waals surface area contributed by atoms with E-state index in [2.05, 4.69) is 27.1 Å². The Hall–Kier alpha value is -2.43. The number of hydrogen-bond donors (Lipinski definition) is 1. The van der Waals surface area contributed by atoms with Crippen molar-refractivity contribution in [3.8, 4) is 0 Å². The smallest absolute Gasteiger partial charge is 0.165 e. The molecule has 0 atom stereocenters. The van der Waals surface area contributed by atoms with E-state index in [1.165, 1.54) is 11.9 Å². The zero-order valence-electron chi connectivity index (χ0n) is 10.0. The quantitative estimate of drug-likeness (QED) is 0.739. The van der Waals surface area contributed by atoms with Gasteiger partial charge in [-0.2, -0.15) is 0 Å². The van der Waals surface area contributed by atoms with Crippen LogP contribution in [0.3, 0.4) is 0 Å². The first-order valence-corrected chi connectivity index (χ1v) is 5.73. The summed E-state index contributed by atoms with van der Waals surface area (Å²) in [5.74, 6) is 1.32. The lowest BCUT2D eigenvalue weighted by Crippen LogP contribution is -2.03. The number of anilines is 1. The molecule has 90 valence electrons. The van der Waals surface area contributed by atoms with E-state index in [1.807, 2.05) is 29.7 Å². The number of aromatic nitrogens is 4. The van der Waals surface area contributed by atoms with Gasteiger partial charge in [-0.25, -0.2) is 15.0 Å². The molecule has 3 rings (SSSR count). The summed E-state index contributed by atoms with van der Waals surface area (Å²) in [7, 11) is 0. The number of nitrogens with two attached hydrogens (primary N) is 1. The van der Waals surface area contributed by atoms with Gasteiger partial charge in [-0.05, 0) is 12.5 Å². The third kappa shape index (κ3) is 1.69. The Morgan fingerprint density at radius 1 is 1.17 bits per heavy atom. The van der Waals surface area contributed by atoms with E-state index in [-0.39, 0.29) is 0 Å². The van der Waals surface area contributed by atoms with Gasteiger partial charge >= 0.3 is 0 Å². The maximum Gasteiger partial charge on any atom is 0.165 e. The molecule has 18 heavy (non-hydrogen) atoms. The number of benzene rings is 1. The molecule has 2 N–H and O–H groups in total. The molecular weight excluding hydrogens is 226 g/mol. The van der Waals surface area contributed by atoms with Gasteiger partial charge < -0.3 is 10.3 Å². The number of rotatable bonds is 2. The van der Waals surface area contributed by atoms with Crippen molar-refractivity contribution in [1.29, 1.82) is 0 Å². The molecule has 0 aliphatic heterocycles. The lowest BCUT2D eigenvalue weighted by Gasteiger charge is -2.05. The highest BCUT2D eigenvalue weighted by atomic mass is 15.1. The van der Waals surface area contributed by atoms with E-state index in [4.69, 9.17) is 5.73 Å². The predicted molar refractivity (Wildman–Crippen MR) is 70.0 cm³/mol. The third-order valence-electron chi connectivity index (χ3n) is 2.93. The molecule has 0 bridgehead atoms. The molecule has 1 aromatic carbocycles. The SMILES string of the molecule is Cc1nc2c(N)ncnc2n1Cc1ccccc1. The normalized spacial score (nSPS) is 10.9. The Kier molecular flexibility index (Phi) is 2.44. The molecule has 2 aromatic heterocycles. The first-order valence-electron chi connectivity index (χ1n) is 5.73. The summed E-state index contributed by atoms with van der Waals surface area (Å²) in [6.45, 7) is 2.68. The number of aryl methyl sites for hydroxylation is 1. The summed E-state index contributed by atoms with van der Waals surface area (Å²) in [5, 5.41) is 0. The Balaban J connectivity index is 2.12.